The van der Waals surface area contributed by atoms with Crippen LogP contribution >= 0.6 is 11.8 Å². The molecule has 232 valence electrons. The molecule has 3 aliphatic rings. The number of rotatable bonds is 6. The molecule has 3 aliphatic heterocycles. The van der Waals surface area contributed by atoms with Crippen molar-refractivity contribution >= 4 is 35.2 Å². The van der Waals surface area contributed by atoms with E-state index in [1.807, 2.05) is 41.8 Å². The molecular weight excluding hydrogens is 589 g/mol. The first kappa shape index (κ1) is 30.2. The van der Waals surface area contributed by atoms with Crippen molar-refractivity contribution in [1.82, 2.24) is 19.8 Å². The molecule has 0 bridgehead atoms. The van der Waals surface area contributed by atoms with E-state index in [1.54, 1.807) is 28.3 Å². The maximum Gasteiger partial charge on any atom is 0.416 e. The van der Waals surface area contributed by atoms with Gasteiger partial charge in [-0.1, -0.05) is 18.2 Å². The molecule has 2 fully saturated rings. The van der Waals surface area contributed by atoms with Gasteiger partial charge in [0.25, 0.3) is 5.91 Å². The van der Waals surface area contributed by atoms with Crippen molar-refractivity contribution < 1.29 is 22.8 Å². The number of hydrogen-bond donors (Lipinski definition) is 0. The van der Waals surface area contributed by atoms with E-state index in [-0.39, 0.29) is 24.4 Å². The molecule has 0 saturated carbocycles. The summed E-state index contributed by atoms with van der Waals surface area (Å²) in [4.78, 5) is 42.7. The molecule has 1 aromatic heterocycles. The first-order valence-corrected chi connectivity index (χ1v) is 16.1. The van der Waals surface area contributed by atoms with Gasteiger partial charge in [0, 0.05) is 85.3 Å². The van der Waals surface area contributed by atoms with Crippen LogP contribution < -0.4 is 9.80 Å². The average Bonchev–Trinajstić information content (AvgIpc) is 3.34. The Morgan fingerprint density at radius 1 is 0.977 bits per heavy atom. The Kier molecular flexibility index (Phi) is 8.45. The first-order valence-electron chi connectivity index (χ1n) is 14.9. The fourth-order valence-electron chi connectivity index (χ4n) is 6.38. The summed E-state index contributed by atoms with van der Waals surface area (Å²) >= 11 is 1.87. The maximum absolute atomic E-state index is 13.8. The highest BCUT2D eigenvalue weighted by atomic mass is 32.2. The van der Waals surface area contributed by atoms with Crippen LogP contribution in [-0.4, -0.2) is 88.4 Å². The second kappa shape index (κ2) is 12.3. The van der Waals surface area contributed by atoms with Crippen LogP contribution in [0.5, 0.6) is 0 Å². The van der Waals surface area contributed by atoms with E-state index in [9.17, 15) is 22.8 Å². The van der Waals surface area contributed by atoms with Crippen LogP contribution in [0.1, 0.15) is 41.3 Å². The molecule has 0 aliphatic carbocycles. The lowest BCUT2D eigenvalue weighted by atomic mass is 10.0. The molecule has 44 heavy (non-hydrogen) atoms. The molecule has 12 heteroatoms. The summed E-state index contributed by atoms with van der Waals surface area (Å²) < 4.78 is 41.4. The summed E-state index contributed by atoms with van der Waals surface area (Å²) in [5.74, 6) is 0.297. The Bertz CT molecular complexity index is 1530. The number of aromatic nitrogens is 2. The molecule has 2 amide bonds. The van der Waals surface area contributed by atoms with Crippen LogP contribution in [0.25, 0.3) is 11.1 Å². The Labute approximate surface area is 259 Å². The monoisotopic (exact) mass is 624 g/mol. The van der Waals surface area contributed by atoms with E-state index in [1.165, 1.54) is 6.07 Å². The highest BCUT2D eigenvalue weighted by Crippen LogP contribution is 2.38. The van der Waals surface area contributed by atoms with Crippen LogP contribution in [0, 0.1) is 0 Å². The van der Waals surface area contributed by atoms with Gasteiger partial charge in [0.2, 0.25) is 11.9 Å². The van der Waals surface area contributed by atoms with Gasteiger partial charge in [-0.2, -0.15) is 24.9 Å². The van der Waals surface area contributed by atoms with Gasteiger partial charge in [0.15, 0.2) is 0 Å². The standard InChI is InChI=1S/C32H35F3N6O2S/c1-21-18-39(13-14-41(21)29(42)20-40-19-22-5-3-4-6-26(22)30(40)43)28-8-7-24(32(33,34)35)15-27(28)23-16-36-31(37-17-23)38-11-9-25(44-2)10-12-38/h3-8,15-17,21,25H,9-14,18-20H2,1-2H3. The minimum absolute atomic E-state index is 0.0119. The highest BCUT2D eigenvalue weighted by molar-refractivity contribution is 7.99. The third-order valence-corrected chi connectivity index (χ3v) is 9.98. The summed E-state index contributed by atoms with van der Waals surface area (Å²) in [7, 11) is 0. The van der Waals surface area contributed by atoms with Crippen molar-refractivity contribution in [3.8, 4) is 11.1 Å². The predicted molar refractivity (Wildman–Crippen MR) is 166 cm³/mol. The summed E-state index contributed by atoms with van der Waals surface area (Å²) in [6, 6.07) is 10.9. The molecule has 0 radical (unpaired) electrons. The zero-order chi connectivity index (χ0) is 31.0. The minimum Gasteiger partial charge on any atom is -0.367 e. The van der Waals surface area contributed by atoms with E-state index in [4.69, 9.17) is 0 Å². The maximum atomic E-state index is 13.8. The van der Waals surface area contributed by atoms with Crippen molar-refractivity contribution in [2.24, 2.45) is 0 Å². The summed E-state index contributed by atoms with van der Waals surface area (Å²) in [6.45, 7) is 5.26. The van der Waals surface area contributed by atoms with Gasteiger partial charge in [-0.15, -0.1) is 0 Å². The molecule has 8 nitrogen and oxygen atoms in total. The number of thioether (sulfide) groups is 1. The van der Waals surface area contributed by atoms with Crippen molar-refractivity contribution in [1.29, 1.82) is 0 Å². The molecule has 1 unspecified atom stereocenters. The highest BCUT2D eigenvalue weighted by Gasteiger charge is 2.35. The average molecular weight is 625 g/mol. The number of nitrogens with zero attached hydrogens (tertiary/aromatic N) is 6. The van der Waals surface area contributed by atoms with Crippen molar-refractivity contribution in [3.63, 3.8) is 0 Å². The van der Waals surface area contributed by atoms with Gasteiger partial charge in [-0.25, -0.2) is 9.97 Å². The number of anilines is 2. The quantitative estimate of drug-likeness (QED) is 0.374. The molecule has 2 saturated heterocycles. The molecule has 2 aromatic carbocycles. The predicted octanol–water partition coefficient (Wildman–Crippen LogP) is 5.19. The summed E-state index contributed by atoms with van der Waals surface area (Å²) in [5.41, 5.74) is 2.35. The van der Waals surface area contributed by atoms with E-state index < -0.39 is 11.7 Å². The van der Waals surface area contributed by atoms with Crippen LogP contribution in [-0.2, 0) is 17.5 Å². The summed E-state index contributed by atoms with van der Waals surface area (Å²) in [6.07, 6.45) is 2.91. The number of piperidine rings is 1. The zero-order valence-corrected chi connectivity index (χ0v) is 25.6. The lowest BCUT2D eigenvalue weighted by molar-refractivity contribution is -0.137. The first-order chi connectivity index (χ1) is 21.1. The SMILES string of the molecule is CSC1CCN(c2ncc(-c3cc(C(F)(F)F)ccc3N3CCN(C(=O)CN4Cc5ccccc5C4=O)C(C)C3)cn2)CC1. The third-order valence-electron chi connectivity index (χ3n) is 8.84. The fourth-order valence-corrected chi connectivity index (χ4v) is 7.06. The number of hydrogen-bond acceptors (Lipinski definition) is 7. The van der Waals surface area contributed by atoms with Crippen LogP contribution in [0.2, 0.25) is 0 Å². The second-order valence-electron chi connectivity index (χ2n) is 11.6. The summed E-state index contributed by atoms with van der Waals surface area (Å²) in [5, 5.41) is 0.621. The molecule has 1 atom stereocenters. The molecule has 3 aromatic rings. The Morgan fingerprint density at radius 2 is 1.70 bits per heavy atom. The Balaban J connectivity index is 1.18. The smallest absolute Gasteiger partial charge is 0.367 e. The van der Waals surface area contributed by atoms with Crippen molar-refractivity contribution in [2.45, 2.75) is 43.8 Å². The molecule has 4 heterocycles. The minimum atomic E-state index is -4.50. The number of benzene rings is 2. The van der Waals surface area contributed by atoms with Gasteiger partial charge in [0.1, 0.15) is 6.54 Å². The lowest BCUT2D eigenvalue weighted by Gasteiger charge is -2.42. The Morgan fingerprint density at radius 3 is 2.36 bits per heavy atom. The van der Waals surface area contributed by atoms with Gasteiger partial charge in [-0.05, 0) is 55.9 Å². The molecule has 0 N–H and O–H groups in total. The molecule has 0 spiro atoms. The van der Waals surface area contributed by atoms with Gasteiger partial charge >= 0.3 is 6.18 Å². The van der Waals surface area contributed by atoms with Crippen LogP contribution in [0.3, 0.4) is 0 Å². The fraction of sp³-hybridized carbons (Fsp3) is 0.438. The largest absolute Gasteiger partial charge is 0.416 e. The Hall–Kier alpha value is -3.80. The number of piperazine rings is 1. The van der Waals surface area contributed by atoms with E-state index in [0.717, 1.165) is 43.6 Å². The van der Waals surface area contributed by atoms with Crippen LogP contribution in [0.15, 0.2) is 54.9 Å². The number of carbonyl (C=O) groups is 2. The van der Waals surface area contributed by atoms with Crippen LogP contribution in [0.4, 0.5) is 24.8 Å². The van der Waals surface area contributed by atoms with Gasteiger partial charge in [-0.3, -0.25) is 9.59 Å². The molecule has 6 rings (SSSR count). The van der Waals surface area contributed by atoms with E-state index >= 15 is 0 Å². The number of carbonyl (C=O) groups excluding carboxylic acids is 2. The second-order valence-corrected chi connectivity index (χ2v) is 12.8. The van der Waals surface area contributed by atoms with Gasteiger partial charge < -0.3 is 19.6 Å². The number of halogens is 3. The van der Waals surface area contributed by atoms with Crippen molar-refractivity contribution in [3.05, 3.63) is 71.5 Å². The zero-order valence-electron chi connectivity index (χ0n) is 24.8. The van der Waals surface area contributed by atoms with Gasteiger partial charge in [0.05, 0.1) is 5.56 Å². The van der Waals surface area contributed by atoms with Crippen molar-refractivity contribution in [2.75, 3.05) is 55.3 Å². The number of fused-ring (bicyclic) bond motifs is 1. The number of amides is 2. The number of alkyl halides is 3. The lowest BCUT2D eigenvalue weighted by Crippen LogP contribution is -2.56. The molecular formula is C32H35F3N6O2S. The van der Waals surface area contributed by atoms with E-state index in [0.29, 0.717) is 59.8 Å². The van der Waals surface area contributed by atoms with E-state index in [2.05, 4.69) is 21.1 Å². The topological polar surface area (TPSA) is 72.9 Å². The third kappa shape index (κ3) is 6.09. The normalized spacial score (nSPS) is 19.5.